The van der Waals surface area contributed by atoms with Crippen molar-refractivity contribution in [2.75, 3.05) is 37.6 Å². The summed E-state index contributed by atoms with van der Waals surface area (Å²) in [6.45, 7) is 9.37. The van der Waals surface area contributed by atoms with Crippen molar-refractivity contribution >= 4 is 16.6 Å². The van der Waals surface area contributed by atoms with Crippen molar-refractivity contribution in [2.24, 2.45) is 0 Å². The fourth-order valence-electron chi connectivity index (χ4n) is 4.10. The number of nitrogens with one attached hydrogen (secondary N) is 2. The van der Waals surface area contributed by atoms with Gasteiger partial charge < -0.3 is 19.9 Å². The van der Waals surface area contributed by atoms with E-state index in [2.05, 4.69) is 54.1 Å². The predicted molar refractivity (Wildman–Crippen MR) is 107 cm³/mol. The van der Waals surface area contributed by atoms with Crippen molar-refractivity contribution in [1.29, 1.82) is 0 Å². The Balaban J connectivity index is 1.40. The molecular weight excluding hydrogens is 322 g/mol. The molecule has 0 spiro atoms. The molecule has 1 aromatic heterocycles. The van der Waals surface area contributed by atoms with E-state index in [4.69, 9.17) is 0 Å². The third-order valence-corrected chi connectivity index (χ3v) is 5.85. The van der Waals surface area contributed by atoms with Crippen LogP contribution >= 0.6 is 0 Å². The minimum Gasteiger partial charge on any atom is -0.382 e. The lowest BCUT2D eigenvalue weighted by atomic mass is 10.1. The number of rotatable bonds is 4. The largest absolute Gasteiger partial charge is 0.382 e. The number of quaternary nitrogens is 1. The number of para-hydroxylation sites is 1. The molecular formula is C22H28N3O+. The van der Waals surface area contributed by atoms with Gasteiger partial charge in [0.2, 0.25) is 0 Å². The van der Waals surface area contributed by atoms with Crippen LogP contribution in [-0.2, 0) is 0 Å². The van der Waals surface area contributed by atoms with Gasteiger partial charge in [-0.05, 0) is 37.1 Å². The highest BCUT2D eigenvalue weighted by Crippen LogP contribution is 2.24. The van der Waals surface area contributed by atoms with Crippen molar-refractivity contribution < 1.29 is 10.0 Å². The SMILES string of the molecule is Cc1cccc(N2CC[NH+](C[C@H](O)c3c[nH]c4ccccc34)CC2)c1C. The number of hydrogen-bond acceptors (Lipinski definition) is 2. The van der Waals surface area contributed by atoms with Crippen LogP contribution in [0.2, 0.25) is 0 Å². The molecule has 2 heterocycles. The molecule has 3 N–H and O–H groups in total. The summed E-state index contributed by atoms with van der Waals surface area (Å²) in [7, 11) is 0. The van der Waals surface area contributed by atoms with Crippen molar-refractivity contribution in [3.05, 3.63) is 65.4 Å². The van der Waals surface area contributed by atoms with E-state index >= 15 is 0 Å². The molecule has 1 atom stereocenters. The summed E-state index contributed by atoms with van der Waals surface area (Å²) >= 11 is 0. The minimum absolute atomic E-state index is 0.423. The van der Waals surface area contributed by atoms with Crippen LogP contribution in [0.25, 0.3) is 10.9 Å². The van der Waals surface area contributed by atoms with Crippen molar-refractivity contribution in [3.8, 4) is 0 Å². The van der Waals surface area contributed by atoms with Gasteiger partial charge in [-0.3, -0.25) is 0 Å². The number of aliphatic hydroxyl groups is 1. The number of aromatic nitrogens is 1. The Labute approximate surface area is 155 Å². The minimum atomic E-state index is -0.423. The number of fused-ring (bicyclic) bond motifs is 1. The Bertz CT molecular complexity index is 893. The normalized spacial score (nSPS) is 17.0. The van der Waals surface area contributed by atoms with Gasteiger partial charge in [0.05, 0.1) is 26.2 Å². The van der Waals surface area contributed by atoms with E-state index in [1.165, 1.54) is 21.7 Å². The maximum absolute atomic E-state index is 10.8. The Morgan fingerprint density at radius 1 is 1.08 bits per heavy atom. The molecule has 26 heavy (non-hydrogen) atoms. The standard InChI is InChI=1S/C22H27N3O/c1-16-6-5-9-21(17(16)2)25-12-10-24(11-13-25)15-22(26)19-14-23-20-8-4-3-7-18(19)20/h3-9,14,22-23,26H,10-13,15H2,1-2H3/p+1/t22-/m0/s1. The van der Waals surface area contributed by atoms with Crippen LogP contribution < -0.4 is 9.80 Å². The number of H-pyrrole nitrogens is 1. The Morgan fingerprint density at radius 2 is 1.85 bits per heavy atom. The van der Waals surface area contributed by atoms with E-state index < -0.39 is 6.10 Å². The number of anilines is 1. The number of hydrogen-bond donors (Lipinski definition) is 3. The zero-order valence-electron chi connectivity index (χ0n) is 15.6. The first-order valence-electron chi connectivity index (χ1n) is 9.52. The van der Waals surface area contributed by atoms with Crippen molar-refractivity contribution in [3.63, 3.8) is 0 Å². The van der Waals surface area contributed by atoms with E-state index in [0.717, 1.165) is 49.2 Å². The third kappa shape index (κ3) is 3.22. The van der Waals surface area contributed by atoms with Crippen molar-refractivity contribution in [2.45, 2.75) is 20.0 Å². The smallest absolute Gasteiger partial charge is 0.130 e. The molecule has 1 aliphatic heterocycles. The molecule has 0 unspecified atom stereocenters. The molecule has 4 heteroatoms. The molecule has 136 valence electrons. The molecule has 4 rings (SSSR count). The summed E-state index contributed by atoms with van der Waals surface area (Å²) in [5, 5.41) is 11.9. The van der Waals surface area contributed by atoms with E-state index in [1.54, 1.807) is 0 Å². The fraction of sp³-hybridized carbons (Fsp3) is 0.364. The van der Waals surface area contributed by atoms with E-state index in [0.29, 0.717) is 0 Å². The lowest BCUT2D eigenvalue weighted by molar-refractivity contribution is -0.904. The second-order valence-corrected chi connectivity index (χ2v) is 7.47. The summed E-state index contributed by atoms with van der Waals surface area (Å²) in [4.78, 5) is 7.24. The summed E-state index contributed by atoms with van der Waals surface area (Å²) in [5.41, 5.74) is 6.21. The average molecular weight is 350 g/mol. The summed E-state index contributed by atoms with van der Waals surface area (Å²) in [6, 6.07) is 14.7. The molecule has 4 nitrogen and oxygen atoms in total. The van der Waals surface area contributed by atoms with Crippen LogP contribution in [0, 0.1) is 13.8 Å². The highest BCUT2D eigenvalue weighted by molar-refractivity contribution is 5.83. The lowest BCUT2D eigenvalue weighted by Crippen LogP contribution is -3.15. The number of nitrogens with zero attached hydrogens (tertiary/aromatic N) is 1. The third-order valence-electron chi connectivity index (χ3n) is 5.85. The number of aliphatic hydroxyl groups excluding tert-OH is 1. The number of aryl methyl sites for hydroxylation is 1. The zero-order chi connectivity index (χ0) is 18.1. The van der Waals surface area contributed by atoms with Gasteiger partial charge >= 0.3 is 0 Å². The van der Waals surface area contributed by atoms with Gasteiger partial charge in [-0.2, -0.15) is 0 Å². The van der Waals surface area contributed by atoms with Gasteiger partial charge in [0.15, 0.2) is 0 Å². The zero-order valence-corrected chi connectivity index (χ0v) is 15.6. The maximum Gasteiger partial charge on any atom is 0.130 e. The maximum atomic E-state index is 10.8. The van der Waals surface area contributed by atoms with Gasteiger partial charge in [0.25, 0.3) is 0 Å². The van der Waals surface area contributed by atoms with Gasteiger partial charge in [0, 0.05) is 28.4 Å². The number of aromatic amines is 1. The second-order valence-electron chi connectivity index (χ2n) is 7.47. The average Bonchev–Trinajstić information content (AvgIpc) is 3.09. The molecule has 1 saturated heterocycles. The van der Waals surface area contributed by atoms with Gasteiger partial charge in [-0.25, -0.2) is 0 Å². The number of piperazine rings is 1. The highest BCUT2D eigenvalue weighted by atomic mass is 16.3. The Kier molecular flexibility index (Phi) is 4.70. The number of benzene rings is 2. The van der Waals surface area contributed by atoms with Crippen LogP contribution in [0.1, 0.15) is 22.8 Å². The molecule has 1 aliphatic rings. The van der Waals surface area contributed by atoms with Gasteiger partial charge in [-0.1, -0.05) is 30.3 Å². The fourth-order valence-corrected chi connectivity index (χ4v) is 4.10. The summed E-state index contributed by atoms with van der Waals surface area (Å²) < 4.78 is 0. The Morgan fingerprint density at radius 3 is 2.65 bits per heavy atom. The van der Waals surface area contributed by atoms with Gasteiger partial charge in [0.1, 0.15) is 12.6 Å². The second kappa shape index (κ2) is 7.14. The van der Waals surface area contributed by atoms with E-state index in [-0.39, 0.29) is 0 Å². The van der Waals surface area contributed by atoms with Gasteiger partial charge in [-0.15, -0.1) is 0 Å². The predicted octanol–water partition coefficient (Wildman–Crippen LogP) is 2.22. The Hall–Kier alpha value is -2.30. The summed E-state index contributed by atoms with van der Waals surface area (Å²) in [6.07, 6.45) is 1.54. The first-order valence-corrected chi connectivity index (χ1v) is 9.52. The molecule has 1 fully saturated rings. The monoisotopic (exact) mass is 350 g/mol. The molecule has 3 aromatic rings. The first kappa shape index (κ1) is 17.1. The lowest BCUT2D eigenvalue weighted by Gasteiger charge is -2.35. The van der Waals surface area contributed by atoms with Crippen LogP contribution in [0.4, 0.5) is 5.69 Å². The van der Waals surface area contributed by atoms with Crippen LogP contribution in [0.15, 0.2) is 48.7 Å². The van der Waals surface area contributed by atoms with Crippen LogP contribution in [0.5, 0.6) is 0 Å². The molecule has 0 amide bonds. The molecule has 2 aromatic carbocycles. The highest BCUT2D eigenvalue weighted by Gasteiger charge is 2.25. The summed E-state index contributed by atoms with van der Waals surface area (Å²) in [5.74, 6) is 0. The molecule has 0 radical (unpaired) electrons. The molecule has 0 saturated carbocycles. The topological polar surface area (TPSA) is 43.7 Å². The van der Waals surface area contributed by atoms with Crippen LogP contribution in [-0.4, -0.2) is 42.8 Å². The molecule has 0 bridgehead atoms. The quantitative estimate of drug-likeness (QED) is 0.676. The van der Waals surface area contributed by atoms with E-state index in [1.807, 2.05) is 18.3 Å². The van der Waals surface area contributed by atoms with Crippen molar-refractivity contribution in [1.82, 2.24) is 4.98 Å². The molecule has 0 aliphatic carbocycles. The first-order chi connectivity index (χ1) is 12.6. The van der Waals surface area contributed by atoms with E-state index in [9.17, 15) is 5.11 Å². The van der Waals surface area contributed by atoms with Crippen LogP contribution in [0.3, 0.4) is 0 Å².